The van der Waals surface area contributed by atoms with E-state index in [2.05, 4.69) is 0 Å². The second-order valence-corrected chi connectivity index (χ2v) is 7.44. The molecule has 1 N–H and O–H groups in total. The maximum Gasteiger partial charge on any atom is 0.334 e. The van der Waals surface area contributed by atoms with Crippen molar-refractivity contribution in [3.63, 3.8) is 0 Å². The van der Waals surface area contributed by atoms with Gasteiger partial charge in [0.2, 0.25) is 0 Å². The van der Waals surface area contributed by atoms with Crippen molar-refractivity contribution >= 4 is 5.97 Å². The molecule has 0 spiro atoms. The first-order valence-corrected chi connectivity index (χ1v) is 10.1. The lowest BCUT2D eigenvalue weighted by Gasteiger charge is -2.05. The summed E-state index contributed by atoms with van der Waals surface area (Å²) in [7, 11) is 0. The second-order valence-electron chi connectivity index (χ2n) is 7.44. The Labute approximate surface area is 148 Å². The summed E-state index contributed by atoms with van der Waals surface area (Å²) in [4.78, 5) is 11.3. The van der Waals surface area contributed by atoms with Crippen LogP contribution >= 0.6 is 0 Å². The van der Waals surface area contributed by atoms with E-state index in [0.29, 0.717) is 6.61 Å². The molecule has 3 nitrogen and oxygen atoms in total. The van der Waals surface area contributed by atoms with Crippen LogP contribution in [-0.4, -0.2) is 23.8 Å². The van der Waals surface area contributed by atoms with Crippen LogP contribution in [0.5, 0.6) is 0 Å². The van der Waals surface area contributed by atoms with E-state index in [-0.39, 0.29) is 12.1 Å². The Morgan fingerprint density at radius 1 is 0.875 bits per heavy atom. The van der Waals surface area contributed by atoms with Crippen molar-refractivity contribution < 1.29 is 14.6 Å². The van der Waals surface area contributed by atoms with Crippen LogP contribution in [0.2, 0.25) is 0 Å². The quantitative estimate of drug-likeness (QED) is 0.308. The molecule has 0 aromatic carbocycles. The van der Waals surface area contributed by atoms with E-state index in [1.165, 1.54) is 82.6 Å². The van der Waals surface area contributed by atoms with Gasteiger partial charge in [0.1, 0.15) is 6.61 Å². The van der Waals surface area contributed by atoms with Crippen LogP contribution in [-0.2, 0) is 9.53 Å². The number of carbonyl (C=O) groups excluding carboxylic acids is 1. The number of hydrogen-bond donors (Lipinski definition) is 1. The summed E-state index contributed by atoms with van der Waals surface area (Å²) in [6.07, 6.45) is 17.6. The van der Waals surface area contributed by atoms with Crippen LogP contribution in [0.15, 0.2) is 11.1 Å². The largest absolute Gasteiger partial charge is 0.458 e. The first-order chi connectivity index (χ1) is 11.6. The highest BCUT2D eigenvalue weighted by atomic mass is 16.5. The number of cyclic esters (lactones) is 1. The molecule has 1 aliphatic rings. The summed E-state index contributed by atoms with van der Waals surface area (Å²) in [6.45, 7) is 4.30. The van der Waals surface area contributed by atoms with Crippen LogP contribution in [0.1, 0.15) is 104 Å². The third-order valence-electron chi connectivity index (χ3n) is 5.06. The second kappa shape index (κ2) is 13.5. The molecule has 1 aliphatic heterocycles. The number of aliphatic hydroxyl groups is 1. The molecule has 140 valence electrons. The van der Waals surface area contributed by atoms with Crippen LogP contribution in [0.4, 0.5) is 0 Å². The SMILES string of the molecule is CC1=C(CCCCCCCCCCCCCCC(C)O)COC1=O. The molecule has 0 fully saturated rings. The number of rotatable bonds is 15. The van der Waals surface area contributed by atoms with Crippen molar-refractivity contribution in [2.45, 2.75) is 110 Å². The number of aliphatic hydroxyl groups excluding tert-OH is 1. The summed E-state index contributed by atoms with van der Waals surface area (Å²) in [5.41, 5.74) is 2.06. The van der Waals surface area contributed by atoms with Gasteiger partial charge in [0, 0.05) is 5.57 Å². The zero-order valence-corrected chi connectivity index (χ0v) is 15.9. The van der Waals surface area contributed by atoms with Gasteiger partial charge in [-0.3, -0.25) is 0 Å². The predicted molar refractivity (Wildman–Crippen MR) is 100.0 cm³/mol. The molecule has 0 aromatic heterocycles. The molecule has 0 amide bonds. The molecule has 1 rings (SSSR count). The molecule has 3 heteroatoms. The lowest BCUT2D eigenvalue weighted by Crippen LogP contribution is -1.98. The highest BCUT2D eigenvalue weighted by Crippen LogP contribution is 2.21. The third-order valence-corrected chi connectivity index (χ3v) is 5.06. The Hall–Kier alpha value is -0.830. The van der Waals surface area contributed by atoms with Crippen molar-refractivity contribution in [2.75, 3.05) is 6.61 Å². The van der Waals surface area contributed by atoms with Gasteiger partial charge in [-0.15, -0.1) is 0 Å². The number of hydrogen-bond acceptors (Lipinski definition) is 3. The minimum absolute atomic E-state index is 0.118. The first-order valence-electron chi connectivity index (χ1n) is 10.1. The topological polar surface area (TPSA) is 46.5 Å². The maximum atomic E-state index is 11.3. The third kappa shape index (κ3) is 10.1. The number of ether oxygens (including phenoxy) is 1. The van der Waals surface area contributed by atoms with E-state index >= 15 is 0 Å². The molecule has 0 aromatic rings. The monoisotopic (exact) mass is 338 g/mol. The molecule has 1 unspecified atom stereocenters. The lowest BCUT2D eigenvalue weighted by atomic mass is 10.0. The van der Waals surface area contributed by atoms with Crippen LogP contribution in [0, 0.1) is 0 Å². The number of unbranched alkanes of at least 4 members (excludes halogenated alkanes) is 11. The maximum absolute atomic E-state index is 11.3. The van der Waals surface area contributed by atoms with Crippen LogP contribution in [0.25, 0.3) is 0 Å². The van der Waals surface area contributed by atoms with Gasteiger partial charge in [-0.25, -0.2) is 4.79 Å². The lowest BCUT2D eigenvalue weighted by molar-refractivity contribution is -0.135. The highest BCUT2D eigenvalue weighted by Gasteiger charge is 2.19. The van der Waals surface area contributed by atoms with Gasteiger partial charge in [-0.05, 0) is 38.7 Å². The number of esters is 1. The van der Waals surface area contributed by atoms with Gasteiger partial charge in [0.15, 0.2) is 0 Å². The van der Waals surface area contributed by atoms with Crippen molar-refractivity contribution in [3.05, 3.63) is 11.1 Å². The molecule has 24 heavy (non-hydrogen) atoms. The Morgan fingerprint density at radius 3 is 1.75 bits per heavy atom. The fourth-order valence-corrected chi connectivity index (χ4v) is 3.32. The Kier molecular flexibility index (Phi) is 11.9. The first kappa shape index (κ1) is 21.2. The fraction of sp³-hybridized carbons (Fsp3) is 0.857. The van der Waals surface area contributed by atoms with Crippen molar-refractivity contribution in [1.82, 2.24) is 0 Å². The fourth-order valence-electron chi connectivity index (χ4n) is 3.32. The van der Waals surface area contributed by atoms with Gasteiger partial charge < -0.3 is 9.84 Å². The van der Waals surface area contributed by atoms with E-state index in [9.17, 15) is 9.90 Å². The zero-order chi connectivity index (χ0) is 17.6. The van der Waals surface area contributed by atoms with Crippen LogP contribution < -0.4 is 0 Å². The summed E-state index contributed by atoms with van der Waals surface area (Å²) in [6, 6.07) is 0. The minimum atomic E-state index is -0.125. The van der Waals surface area contributed by atoms with Crippen molar-refractivity contribution in [3.8, 4) is 0 Å². The molecule has 0 radical (unpaired) electrons. The van der Waals surface area contributed by atoms with Gasteiger partial charge in [-0.2, -0.15) is 0 Å². The highest BCUT2D eigenvalue weighted by molar-refractivity contribution is 5.90. The molecule has 0 saturated heterocycles. The Bertz CT molecular complexity index is 371. The van der Waals surface area contributed by atoms with E-state index in [1.807, 2.05) is 13.8 Å². The average Bonchev–Trinajstić information content (AvgIpc) is 2.87. The van der Waals surface area contributed by atoms with Crippen molar-refractivity contribution in [1.29, 1.82) is 0 Å². The van der Waals surface area contributed by atoms with E-state index in [4.69, 9.17) is 4.74 Å². The normalized spacial score (nSPS) is 15.9. The van der Waals surface area contributed by atoms with Crippen molar-refractivity contribution in [2.24, 2.45) is 0 Å². The van der Waals surface area contributed by atoms with Crippen LogP contribution in [0.3, 0.4) is 0 Å². The molecule has 1 heterocycles. The predicted octanol–water partition coefficient (Wildman–Crippen LogP) is 5.70. The molecule has 0 saturated carbocycles. The smallest absolute Gasteiger partial charge is 0.334 e. The Morgan fingerprint density at radius 2 is 1.33 bits per heavy atom. The summed E-state index contributed by atoms with van der Waals surface area (Å²) < 4.78 is 5.03. The van der Waals surface area contributed by atoms with Gasteiger partial charge in [-0.1, -0.05) is 70.6 Å². The standard InChI is InChI=1S/C21H38O3/c1-18(22)15-13-11-9-7-5-3-4-6-8-10-12-14-16-20-17-24-21(23)19(20)2/h18,22H,3-17H2,1-2H3. The van der Waals surface area contributed by atoms with Gasteiger partial charge in [0.05, 0.1) is 6.10 Å². The summed E-state index contributed by atoms with van der Waals surface area (Å²) >= 11 is 0. The minimum Gasteiger partial charge on any atom is -0.458 e. The van der Waals surface area contributed by atoms with Gasteiger partial charge in [0.25, 0.3) is 0 Å². The Balaban J connectivity index is 1.77. The molecule has 1 atom stereocenters. The van der Waals surface area contributed by atoms with E-state index in [1.54, 1.807) is 0 Å². The molecular formula is C21H38O3. The summed E-state index contributed by atoms with van der Waals surface area (Å²) in [5, 5.41) is 9.19. The van der Waals surface area contributed by atoms with E-state index < -0.39 is 0 Å². The summed E-state index contributed by atoms with van der Waals surface area (Å²) in [5.74, 6) is -0.118. The van der Waals surface area contributed by atoms with E-state index in [0.717, 1.165) is 18.4 Å². The molecule has 0 aliphatic carbocycles. The zero-order valence-electron chi connectivity index (χ0n) is 15.9. The molecular weight excluding hydrogens is 300 g/mol. The van der Waals surface area contributed by atoms with Gasteiger partial charge >= 0.3 is 5.97 Å². The number of carbonyl (C=O) groups is 1. The average molecular weight is 339 g/mol. The molecule has 0 bridgehead atoms.